The Kier molecular flexibility index (Phi) is 4.42. The molecule has 0 unspecified atom stereocenters. The zero-order valence-electron chi connectivity index (χ0n) is 12.1. The van der Waals surface area contributed by atoms with Crippen LogP contribution in [0.25, 0.3) is 11.0 Å². The third-order valence-electron chi connectivity index (χ3n) is 4.38. The van der Waals surface area contributed by atoms with Gasteiger partial charge >= 0.3 is 0 Å². The topological polar surface area (TPSA) is 41.6 Å². The highest BCUT2D eigenvalue weighted by Gasteiger charge is 2.25. The lowest BCUT2D eigenvalue weighted by molar-refractivity contribution is 0.361. The van der Waals surface area contributed by atoms with Gasteiger partial charge in [-0.25, -0.2) is 4.98 Å². The Labute approximate surface area is 134 Å². The van der Waals surface area contributed by atoms with E-state index in [9.17, 15) is 5.26 Å². The molecule has 0 N–H and O–H groups in total. The normalized spacial score (nSPS) is 22.3. The lowest BCUT2D eigenvalue weighted by atomic mass is 9.94. The van der Waals surface area contributed by atoms with Crippen LogP contribution in [0.15, 0.2) is 18.2 Å². The molecule has 110 valence electrons. The summed E-state index contributed by atoms with van der Waals surface area (Å²) in [7, 11) is 0. The lowest BCUT2D eigenvalue weighted by Crippen LogP contribution is -2.20. The molecule has 0 radical (unpaired) electrons. The van der Waals surface area contributed by atoms with Gasteiger partial charge in [0.15, 0.2) is 0 Å². The fraction of sp³-hybridized carbons (Fsp3) is 0.500. The molecule has 1 saturated carbocycles. The summed E-state index contributed by atoms with van der Waals surface area (Å²) in [4.78, 5) is 4.62. The van der Waals surface area contributed by atoms with Gasteiger partial charge < -0.3 is 4.57 Å². The van der Waals surface area contributed by atoms with Crippen LogP contribution in [0.2, 0.25) is 0 Å². The first-order valence-corrected chi connectivity index (χ1v) is 9.09. The van der Waals surface area contributed by atoms with Crippen molar-refractivity contribution in [2.45, 2.75) is 42.9 Å². The molecule has 1 aromatic carbocycles. The summed E-state index contributed by atoms with van der Waals surface area (Å²) < 4.78 is 2.28. The Morgan fingerprint density at radius 3 is 2.76 bits per heavy atom. The number of thioether (sulfide) groups is 1. The van der Waals surface area contributed by atoms with Crippen LogP contribution >= 0.6 is 23.4 Å². The Morgan fingerprint density at radius 1 is 1.38 bits per heavy atom. The van der Waals surface area contributed by atoms with Crippen molar-refractivity contribution in [3.63, 3.8) is 0 Å². The van der Waals surface area contributed by atoms with Crippen molar-refractivity contribution in [3.05, 3.63) is 29.6 Å². The number of aromatic nitrogens is 2. The second-order valence-electron chi connectivity index (χ2n) is 5.48. The van der Waals surface area contributed by atoms with E-state index < -0.39 is 0 Å². The lowest BCUT2D eigenvalue weighted by Gasteiger charge is -2.29. The average molecular weight is 320 g/mol. The van der Waals surface area contributed by atoms with E-state index >= 15 is 0 Å². The fourth-order valence-electron chi connectivity index (χ4n) is 3.30. The number of nitrogens with zero attached hydrogens (tertiary/aromatic N) is 3. The van der Waals surface area contributed by atoms with E-state index in [0.29, 0.717) is 17.5 Å². The summed E-state index contributed by atoms with van der Waals surface area (Å²) in [5.74, 6) is 1.28. The van der Waals surface area contributed by atoms with Gasteiger partial charge in [0.25, 0.3) is 0 Å². The average Bonchev–Trinajstić information content (AvgIpc) is 2.93. The van der Waals surface area contributed by atoms with E-state index in [0.717, 1.165) is 34.9 Å². The highest BCUT2D eigenvalue weighted by molar-refractivity contribution is 7.99. The summed E-state index contributed by atoms with van der Waals surface area (Å²) in [5, 5.41) is 10.0. The van der Waals surface area contributed by atoms with Crippen molar-refractivity contribution < 1.29 is 0 Å². The maximum Gasteiger partial charge on any atom is 0.125 e. The van der Waals surface area contributed by atoms with E-state index in [1.807, 2.05) is 23.9 Å². The van der Waals surface area contributed by atoms with Crippen LogP contribution < -0.4 is 0 Å². The molecule has 1 fully saturated rings. The van der Waals surface area contributed by atoms with Gasteiger partial charge in [0.05, 0.1) is 17.0 Å². The first kappa shape index (κ1) is 14.7. The van der Waals surface area contributed by atoms with E-state index in [-0.39, 0.29) is 0 Å². The van der Waals surface area contributed by atoms with Crippen LogP contribution in [0.4, 0.5) is 0 Å². The molecule has 0 spiro atoms. The van der Waals surface area contributed by atoms with Crippen LogP contribution in [-0.4, -0.2) is 21.1 Å². The summed E-state index contributed by atoms with van der Waals surface area (Å²) >= 11 is 8.07. The predicted octanol–water partition coefficient (Wildman–Crippen LogP) is 4.49. The monoisotopic (exact) mass is 319 g/mol. The smallest absolute Gasteiger partial charge is 0.125 e. The quantitative estimate of drug-likeness (QED) is 0.782. The van der Waals surface area contributed by atoms with Crippen LogP contribution in [0.1, 0.15) is 43.1 Å². The maximum absolute atomic E-state index is 9.25. The van der Waals surface area contributed by atoms with Crippen LogP contribution in [0.5, 0.6) is 0 Å². The number of para-hydroxylation sites is 1. The molecule has 3 rings (SSSR count). The second kappa shape index (κ2) is 6.29. The highest BCUT2D eigenvalue weighted by Crippen LogP contribution is 2.36. The van der Waals surface area contributed by atoms with E-state index in [2.05, 4.69) is 27.9 Å². The van der Waals surface area contributed by atoms with Gasteiger partial charge in [0.1, 0.15) is 17.4 Å². The molecular weight excluding hydrogens is 302 g/mol. The summed E-state index contributed by atoms with van der Waals surface area (Å²) in [5.41, 5.74) is 2.48. The minimum Gasteiger partial charge on any atom is -0.324 e. The van der Waals surface area contributed by atoms with E-state index in [1.54, 1.807) is 0 Å². The number of rotatable bonds is 3. The maximum atomic E-state index is 9.25. The third-order valence-corrected chi connectivity index (χ3v) is 5.75. The van der Waals surface area contributed by atoms with Gasteiger partial charge in [-0.2, -0.15) is 17.0 Å². The molecule has 1 aromatic heterocycles. The SMILES string of the molecule is CSC1CCC(n2c(CCl)nc3c(C#N)cccc32)CC1. The summed E-state index contributed by atoms with van der Waals surface area (Å²) in [6, 6.07) is 8.50. The van der Waals surface area contributed by atoms with Gasteiger partial charge in [0.2, 0.25) is 0 Å². The number of fused-ring (bicyclic) bond motifs is 1. The van der Waals surface area contributed by atoms with Crippen molar-refractivity contribution >= 4 is 34.4 Å². The van der Waals surface area contributed by atoms with Gasteiger partial charge in [-0.1, -0.05) is 6.07 Å². The number of halogens is 1. The largest absolute Gasteiger partial charge is 0.324 e. The van der Waals surface area contributed by atoms with Crippen LogP contribution in [-0.2, 0) is 5.88 Å². The molecule has 3 nitrogen and oxygen atoms in total. The zero-order chi connectivity index (χ0) is 14.8. The number of hydrogen-bond acceptors (Lipinski definition) is 3. The molecule has 0 bridgehead atoms. The standard InChI is InChI=1S/C16H18ClN3S/c1-21-13-7-5-12(6-8-13)20-14-4-2-3-11(10-18)16(14)19-15(20)9-17/h2-4,12-13H,5-9H2,1H3. The molecular formula is C16H18ClN3S. The molecule has 0 atom stereocenters. The molecule has 1 aliphatic rings. The molecule has 21 heavy (non-hydrogen) atoms. The fourth-order valence-corrected chi connectivity index (χ4v) is 4.23. The Balaban J connectivity index is 2.04. The first-order chi connectivity index (χ1) is 10.3. The van der Waals surface area contributed by atoms with Crippen molar-refractivity contribution in [1.82, 2.24) is 9.55 Å². The third kappa shape index (κ3) is 2.65. The molecule has 1 aliphatic carbocycles. The molecule has 2 aromatic rings. The van der Waals surface area contributed by atoms with Crippen molar-refractivity contribution in [2.24, 2.45) is 0 Å². The minimum atomic E-state index is 0.391. The molecule has 0 amide bonds. The number of alkyl halides is 1. The number of imidazole rings is 1. The van der Waals surface area contributed by atoms with Crippen molar-refractivity contribution in [2.75, 3.05) is 6.26 Å². The predicted molar refractivity (Wildman–Crippen MR) is 88.8 cm³/mol. The second-order valence-corrected chi connectivity index (χ2v) is 6.89. The number of hydrogen-bond donors (Lipinski definition) is 0. The molecule has 0 saturated heterocycles. The van der Waals surface area contributed by atoms with Gasteiger partial charge in [0, 0.05) is 11.3 Å². The zero-order valence-corrected chi connectivity index (χ0v) is 13.6. The van der Waals surface area contributed by atoms with Gasteiger partial charge in [-0.3, -0.25) is 0 Å². The molecule has 5 heteroatoms. The van der Waals surface area contributed by atoms with Crippen molar-refractivity contribution in [3.8, 4) is 6.07 Å². The van der Waals surface area contributed by atoms with E-state index in [1.165, 1.54) is 12.8 Å². The highest BCUT2D eigenvalue weighted by atomic mass is 35.5. The summed E-state index contributed by atoms with van der Waals surface area (Å²) in [6.45, 7) is 0. The van der Waals surface area contributed by atoms with Gasteiger partial charge in [-0.05, 0) is 44.1 Å². The Bertz CT molecular complexity index is 681. The number of nitriles is 1. The molecule has 0 aliphatic heterocycles. The van der Waals surface area contributed by atoms with E-state index in [4.69, 9.17) is 11.6 Å². The molecule has 1 heterocycles. The Morgan fingerprint density at radius 2 is 2.14 bits per heavy atom. The van der Waals surface area contributed by atoms with Crippen molar-refractivity contribution in [1.29, 1.82) is 5.26 Å². The first-order valence-electron chi connectivity index (χ1n) is 7.27. The number of benzene rings is 1. The van der Waals surface area contributed by atoms with Crippen LogP contribution in [0.3, 0.4) is 0 Å². The van der Waals surface area contributed by atoms with Gasteiger partial charge in [-0.15, -0.1) is 11.6 Å². The Hall–Kier alpha value is -1.18. The van der Waals surface area contributed by atoms with Crippen LogP contribution in [0, 0.1) is 11.3 Å². The minimum absolute atomic E-state index is 0.391. The summed E-state index contributed by atoms with van der Waals surface area (Å²) in [6.07, 6.45) is 7.01.